The molecule has 5 heteroatoms. The lowest BCUT2D eigenvalue weighted by Gasteiger charge is -2.31. The van der Waals surface area contributed by atoms with Gasteiger partial charge in [0.05, 0.1) is 0 Å². The molecule has 1 aromatic carbocycles. The summed E-state index contributed by atoms with van der Waals surface area (Å²) < 4.78 is 0. The minimum Gasteiger partial charge on any atom is -0.332 e. The minimum atomic E-state index is -0.560. The van der Waals surface area contributed by atoms with Gasteiger partial charge in [-0.25, -0.2) is 0 Å². The molecule has 1 saturated heterocycles. The zero-order valence-corrected chi connectivity index (χ0v) is 11.3. The van der Waals surface area contributed by atoms with Crippen molar-refractivity contribution in [2.45, 2.75) is 6.92 Å². The number of nitrogens with zero attached hydrogens (tertiary/aromatic N) is 2. The van der Waals surface area contributed by atoms with Crippen molar-refractivity contribution in [1.29, 1.82) is 0 Å². The van der Waals surface area contributed by atoms with E-state index in [4.69, 9.17) is 0 Å². The van der Waals surface area contributed by atoms with Gasteiger partial charge in [-0.1, -0.05) is 12.1 Å². The number of piperazine rings is 1. The van der Waals surface area contributed by atoms with Crippen molar-refractivity contribution in [1.82, 2.24) is 9.80 Å². The maximum Gasteiger partial charge on any atom is 0.313 e. The fourth-order valence-electron chi connectivity index (χ4n) is 2.06. The smallest absolute Gasteiger partial charge is 0.313 e. The molecule has 1 aliphatic heterocycles. The number of rotatable bonds is 1. The molecule has 0 radical (unpaired) electrons. The van der Waals surface area contributed by atoms with E-state index in [1.165, 1.54) is 0 Å². The van der Waals surface area contributed by atoms with Gasteiger partial charge in [0, 0.05) is 31.9 Å². The van der Waals surface area contributed by atoms with E-state index in [1.54, 1.807) is 11.0 Å². The van der Waals surface area contributed by atoms with Gasteiger partial charge in [-0.05, 0) is 31.7 Å². The van der Waals surface area contributed by atoms with Crippen LogP contribution < -0.4 is 5.32 Å². The molecular formula is C14H19N3O2. The third-order valence-corrected chi connectivity index (χ3v) is 3.26. The van der Waals surface area contributed by atoms with Crippen LogP contribution in [0, 0.1) is 6.92 Å². The Morgan fingerprint density at radius 2 is 1.84 bits per heavy atom. The summed E-state index contributed by atoms with van der Waals surface area (Å²) in [4.78, 5) is 27.6. The highest BCUT2D eigenvalue weighted by Gasteiger charge is 2.24. The number of aryl methyl sites for hydroxylation is 1. The van der Waals surface area contributed by atoms with Crippen molar-refractivity contribution < 1.29 is 9.59 Å². The average molecular weight is 261 g/mol. The number of anilines is 1. The Bertz CT molecular complexity index is 479. The summed E-state index contributed by atoms with van der Waals surface area (Å²) in [7, 11) is 2.01. The van der Waals surface area contributed by atoms with Crippen molar-refractivity contribution in [3.05, 3.63) is 29.8 Å². The molecule has 0 saturated carbocycles. The van der Waals surface area contributed by atoms with Gasteiger partial charge >= 0.3 is 11.8 Å². The van der Waals surface area contributed by atoms with Crippen LogP contribution in [-0.4, -0.2) is 54.8 Å². The largest absolute Gasteiger partial charge is 0.332 e. The zero-order valence-electron chi connectivity index (χ0n) is 11.3. The van der Waals surface area contributed by atoms with E-state index in [0.717, 1.165) is 18.7 Å². The van der Waals surface area contributed by atoms with E-state index in [0.29, 0.717) is 18.8 Å². The molecule has 1 aromatic rings. The molecular weight excluding hydrogens is 242 g/mol. The van der Waals surface area contributed by atoms with Gasteiger partial charge in [0.25, 0.3) is 0 Å². The molecule has 1 fully saturated rings. The summed E-state index contributed by atoms with van der Waals surface area (Å²) in [6.45, 7) is 4.78. The summed E-state index contributed by atoms with van der Waals surface area (Å²) in [5, 5.41) is 2.65. The highest BCUT2D eigenvalue weighted by Crippen LogP contribution is 2.10. The third-order valence-electron chi connectivity index (χ3n) is 3.26. The van der Waals surface area contributed by atoms with Gasteiger partial charge in [0.2, 0.25) is 0 Å². The van der Waals surface area contributed by atoms with Crippen molar-refractivity contribution >= 4 is 17.5 Å². The second-order valence-corrected chi connectivity index (χ2v) is 4.92. The van der Waals surface area contributed by atoms with Crippen LogP contribution in [0.3, 0.4) is 0 Å². The Hall–Kier alpha value is -1.88. The number of amides is 2. The molecule has 2 rings (SSSR count). The number of hydrogen-bond acceptors (Lipinski definition) is 3. The highest BCUT2D eigenvalue weighted by atomic mass is 16.2. The predicted octanol–water partition coefficient (Wildman–Crippen LogP) is 0.708. The van der Waals surface area contributed by atoms with Gasteiger partial charge in [0.1, 0.15) is 0 Å². The third kappa shape index (κ3) is 3.54. The molecule has 0 aliphatic carbocycles. The minimum absolute atomic E-state index is 0.449. The van der Waals surface area contributed by atoms with Crippen molar-refractivity contribution in [2.75, 3.05) is 38.5 Å². The Labute approximate surface area is 113 Å². The molecule has 0 atom stereocenters. The lowest BCUT2D eigenvalue weighted by Crippen LogP contribution is -2.50. The quantitative estimate of drug-likeness (QED) is 0.757. The fourth-order valence-corrected chi connectivity index (χ4v) is 2.06. The van der Waals surface area contributed by atoms with E-state index in [2.05, 4.69) is 10.2 Å². The molecule has 0 bridgehead atoms. The van der Waals surface area contributed by atoms with Crippen LogP contribution in [0.25, 0.3) is 0 Å². The van der Waals surface area contributed by atoms with Gasteiger partial charge in [-0.3, -0.25) is 9.59 Å². The van der Waals surface area contributed by atoms with Gasteiger partial charge in [-0.2, -0.15) is 0 Å². The summed E-state index contributed by atoms with van der Waals surface area (Å²) in [5.74, 6) is -1.01. The highest BCUT2D eigenvalue weighted by molar-refractivity contribution is 6.39. The van der Waals surface area contributed by atoms with Crippen LogP contribution in [-0.2, 0) is 9.59 Å². The van der Waals surface area contributed by atoms with Crippen molar-refractivity contribution in [3.63, 3.8) is 0 Å². The molecule has 1 heterocycles. The number of hydrogen-bond donors (Lipinski definition) is 1. The van der Waals surface area contributed by atoms with E-state index in [1.807, 2.05) is 32.2 Å². The first-order valence-corrected chi connectivity index (χ1v) is 6.42. The topological polar surface area (TPSA) is 52.7 Å². The van der Waals surface area contributed by atoms with Crippen LogP contribution in [0.1, 0.15) is 5.56 Å². The molecule has 1 aliphatic rings. The second-order valence-electron chi connectivity index (χ2n) is 4.92. The number of benzene rings is 1. The second kappa shape index (κ2) is 5.84. The first-order valence-electron chi connectivity index (χ1n) is 6.42. The lowest BCUT2D eigenvalue weighted by molar-refractivity contribution is -0.144. The molecule has 0 unspecified atom stereocenters. The van der Waals surface area contributed by atoms with E-state index >= 15 is 0 Å². The number of nitrogens with one attached hydrogen (secondary N) is 1. The van der Waals surface area contributed by atoms with Gasteiger partial charge in [-0.15, -0.1) is 0 Å². The molecule has 102 valence electrons. The Kier molecular flexibility index (Phi) is 4.16. The molecule has 1 N–H and O–H groups in total. The van der Waals surface area contributed by atoms with E-state index < -0.39 is 11.8 Å². The van der Waals surface area contributed by atoms with Crippen LogP contribution >= 0.6 is 0 Å². The van der Waals surface area contributed by atoms with Crippen molar-refractivity contribution in [3.8, 4) is 0 Å². The van der Waals surface area contributed by atoms with Crippen LogP contribution in [0.4, 0.5) is 5.69 Å². The number of carbonyl (C=O) groups excluding carboxylic acids is 2. The Balaban J connectivity index is 1.94. The Morgan fingerprint density at radius 3 is 2.47 bits per heavy atom. The first-order chi connectivity index (χ1) is 9.06. The monoisotopic (exact) mass is 261 g/mol. The van der Waals surface area contributed by atoms with Gasteiger partial charge in [0.15, 0.2) is 0 Å². The summed E-state index contributed by atoms with van der Waals surface area (Å²) in [5.41, 5.74) is 1.71. The summed E-state index contributed by atoms with van der Waals surface area (Å²) in [6, 6.07) is 7.42. The van der Waals surface area contributed by atoms with Crippen LogP contribution in [0.2, 0.25) is 0 Å². The molecule has 2 amide bonds. The molecule has 0 spiro atoms. The predicted molar refractivity (Wildman–Crippen MR) is 73.9 cm³/mol. The van der Waals surface area contributed by atoms with Gasteiger partial charge < -0.3 is 15.1 Å². The van der Waals surface area contributed by atoms with Crippen LogP contribution in [0.15, 0.2) is 24.3 Å². The lowest BCUT2D eigenvalue weighted by atomic mass is 10.2. The number of carbonyl (C=O) groups is 2. The van der Waals surface area contributed by atoms with E-state index in [9.17, 15) is 9.59 Å². The van der Waals surface area contributed by atoms with Crippen LogP contribution in [0.5, 0.6) is 0 Å². The zero-order chi connectivity index (χ0) is 13.8. The first kappa shape index (κ1) is 13.5. The van der Waals surface area contributed by atoms with E-state index in [-0.39, 0.29) is 0 Å². The average Bonchev–Trinajstić information content (AvgIpc) is 2.39. The summed E-state index contributed by atoms with van der Waals surface area (Å²) >= 11 is 0. The fraction of sp³-hybridized carbons (Fsp3) is 0.429. The number of likely N-dealkylation sites (N-methyl/N-ethyl adjacent to an activating group) is 1. The maximum atomic E-state index is 12.0. The molecule has 0 aromatic heterocycles. The maximum absolute atomic E-state index is 12.0. The Morgan fingerprint density at radius 1 is 1.16 bits per heavy atom. The van der Waals surface area contributed by atoms with Crippen molar-refractivity contribution in [2.24, 2.45) is 0 Å². The SMILES string of the molecule is Cc1cccc(NC(=O)C(=O)N2CCN(C)CC2)c1. The molecule has 19 heavy (non-hydrogen) atoms. The summed E-state index contributed by atoms with van der Waals surface area (Å²) in [6.07, 6.45) is 0. The standard InChI is InChI=1S/C14H19N3O2/c1-11-4-3-5-12(10-11)15-13(18)14(19)17-8-6-16(2)7-9-17/h3-5,10H,6-9H2,1-2H3,(H,15,18). The normalized spacial score (nSPS) is 16.2. The molecule has 5 nitrogen and oxygen atoms in total.